The molecule has 1 unspecified atom stereocenters. The number of rotatable bonds is 1. The van der Waals surface area contributed by atoms with Crippen molar-refractivity contribution in [1.82, 2.24) is 0 Å². The average molecular weight is 237 g/mol. The number of hydrogen-bond donors (Lipinski definition) is 1. The highest BCUT2D eigenvalue weighted by Crippen LogP contribution is 2.27. The van der Waals surface area contributed by atoms with Gasteiger partial charge in [0.25, 0.3) is 0 Å². The number of anilines is 1. The molecule has 0 aliphatic carbocycles. The molecule has 1 fully saturated rings. The lowest BCUT2D eigenvalue weighted by molar-refractivity contribution is -0.117. The summed E-state index contributed by atoms with van der Waals surface area (Å²) in [6.45, 7) is 0.231. The zero-order valence-electron chi connectivity index (χ0n) is 8.35. The molecule has 1 aliphatic rings. The highest BCUT2D eigenvalue weighted by atomic mass is 35.5. The summed E-state index contributed by atoms with van der Waals surface area (Å²) in [6.07, 6.45) is -0.553. The number of benzene rings is 1. The summed E-state index contributed by atoms with van der Waals surface area (Å²) < 4.78 is 0. The Bertz CT molecular complexity index is 481. The number of halogens is 1. The quantitative estimate of drug-likeness (QED) is 0.800. The highest BCUT2D eigenvalue weighted by molar-refractivity contribution is 6.30. The van der Waals surface area contributed by atoms with Gasteiger partial charge in [-0.1, -0.05) is 11.6 Å². The summed E-state index contributed by atoms with van der Waals surface area (Å²) in [6, 6.07) is 6.74. The maximum Gasteiger partial charge on any atom is 0.229 e. The van der Waals surface area contributed by atoms with Crippen LogP contribution in [-0.2, 0) is 4.79 Å². The van der Waals surface area contributed by atoms with Gasteiger partial charge < -0.3 is 10.0 Å². The van der Waals surface area contributed by atoms with Crippen molar-refractivity contribution in [3.63, 3.8) is 0 Å². The zero-order valence-corrected chi connectivity index (χ0v) is 9.11. The van der Waals surface area contributed by atoms with Gasteiger partial charge in [0.1, 0.15) is 6.07 Å². The maximum atomic E-state index is 11.6. The molecule has 0 bridgehead atoms. The molecule has 1 saturated heterocycles. The fourth-order valence-corrected chi connectivity index (χ4v) is 1.93. The molecule has 1 atom stereocenters. The molecule has 0 saturated carbocycles. The van der Waals surface area contributed by atoms with Crippen LogP contribution in [0.15, 0.2) is 18.2 Å². The molecule has 1 amide bonds. The topological polar surface area (TPSA) is 64.3 Å². The Morgan fingerprint density at radius 3 is 2.88 bits per heavy atom. The first-order chi connectivity index (χ1) is 7.61. The van der Waals surface area contributed by atoms with E-state index >= 15 is 0 Å². The van der Waals surface area contributed by atoms with Crippen molar-refractivity contribution in [2.45, 2.75) is 12.5 Å². The number of aliphatic hydroxyl groups excluding tert-OH is 1. The molecular formula is C11H9ClN2O2. The van der Waals surface area contributed by atoms with Gasteiger partial charge in [0.15, 0.2) is 0 Å². The smallest absolute Gasteiger partial charge is 0.229 e. The first-order valence-corrected chi connectivity index (χ1v) is 5.17. The second-order valence-corrected chi connectivity index (χ2v) is 4.07. The minimum absolute atomic E-state index is 0.105. The van der Waals surface area contributed by atoms with Gasteiger partial charge in [-0.2, -0.15) is 5.26 Å². The summed E-state index contributed by atoms with van der Waals surface area (Å²) in [7, 11) is 0. The minimum atomic E-state index is -0.658. The lowest BCUT2D eigenvalue weighted by Crippen LogP contribution is -2.26. The van der Waals surface area contributed by atoms with Crippen molar-refractivity contribution in [2.24, 2.45) is 0 Å². The Hall–Kier alpha value is -1.57. The van der Waals surface area contributed by atoms with Crippen LogP contribution in [0.2, 0.25) is 5.02 Å². The molecule has 82 valence electrons. The van der Waals surface area contributed by atoms with Gasteiger partial charge in [-0.25, -0.2) is 0 Å². The van der Waals surface area contributed by atoms with Crippen molar-refractivity contribution in [3.8, 4) is 6.07 Å². The molecule has 0 aromatic heterocycles. The fourth-order valence-electron chi connectivity index (χ4n) is 1.75. The second kappa shape index (κ2) is 4.12. The van der Waals surface area contributed by atoms with Gasteiger partial charge in [0, 0.05) is 5.02 Å². The van der Waals surface area contributed by atoms with Crippen LogP contribution >= 0.6 is 11.6 Å². The maximum absolute atomic E-state index is 11.6. The Balaban J connectivity index is 2.41. The van der Waals surface area contributed by atoms with Gasteiger partial charge in [0.05, 0.1) is 30.3 Å². The normalized spacial score (nSPS) is 19.9. The van der Waals surface area contributed by atoms with Crippen LogP contribution in [0.4, 0.5) is 5.69 Å². The van der Waals surface area contributed by atoms with Crippen molar-refractivity contribution < 1.29 is 9.90 Å². The number of hydrogen-bond acceptors (Lipinski definition) is 3. The molecule has 0 radical (unpaired) electrons. The zero-order chi connectivity index (χ0) is 11.7. The molecule has 5 heteroatoms. The van der Waals surface area contributed by atoms with Crippen LogP contribution in [-0.4, -0.2) is 23.7 Å². The molecule has 16 heavy (non-hydrogen) atoms. The number of nitriles is 1. The van der Waals surface area contributed by atoms with Crippen LogP contribution in [0.5, 0.6) is 0 Å². The number of carbonyl (C=O) groups is 1. The number of nitrogens with zero attached hydrogens (tertiary/aromatic N) is 2. The summed E-state index contributed by atoms with van der Waals surface area (Å²) in [5.74, 6) is -0.175. The first kappa shape index (κ1) is 10.9. The standard InChI is InChI=1S/C11H9ClN2O2/c12-8-1-2-10(7(3-8)5-13)14-6-9(15)4-11(14)16/h1-3,9,15H,4,6H2. The molecule has 1 aromatic rings. The minimum Gasteiger partial charge on any atom is -0.391 e. The number of aliphatic hydroxyl groups is 1. The largest absolute Gasteiger partial charge is 0.391 e. The Morgan fingerprint density at radius 2 is 2.31 bits per heavy atom. The third-order valence-corrected chi connectivity index (χ3v) is 2.71. The van der Waals surface area contributed by atoms with E-state index < -0.39 is 6.10 Å². The van der Waals surface area contributed by atoms with Crippen molar-refractivity contribution in [2.75, 3.05) is 11.4 Å². The molecule has 4 nitrogen and oxygen atoms in total. The van der Waals surface area contributed by atoms with E-state index in [-0.39, 0.29) is 18.9 Å². The van der Waals surface area contributed by atoms with Crippen LogP contribution in [0.1, 0.15) is 12.0 Å². The Morgan fingerprint density at radius 1 is 1.56 bits per heavy atom. The van der Waals surface area contributed by atoms with Gasteiger partial charge >= 0.3 is 0 Å². The molecule has 1 heterocycles. The van der Waals surface area contributed by atoms with E-state index in [0.29, 0.717) is 16.3 Å². The van der Waals surface area contributed by atoms with Gasteiger partial charge in [-0.3, -0.25) is 4.79 Å². The van der Waals surface area contributed by atoms with Crippen LogP contribution in [0, 0.1) is 11.3 Å². The van der Waals surface area contributed by atoms with Crippen LogP contribution in [0.25, 0.3) is 0 Å². The second-order valence-electron chi connectivity index (χ2n) is 3.64. The van der Waals surface area contributed by atoms with Gasteiger partial charge in [-0.05, 0) is 18.2 Å². The third kappa shape index (κ3) is 1.87. The van der Waals surface area contributed by atoms with E-state index in [9.17, 15) is 9.90 Å². The summed E-state index contributed by atoms with van der Waals surface area (Å²) in [4.78, 5) is 13.0. The molecule has 1 aromatic carbocycles. The molecule has 2 rings (SSSR count). The number of carbonyl (C=O) groups excluding carboxylic acids is 1. The van der Waals surface area contributed by atoms with E-state index in [0.717, 1.165) is 0 Å². The lowest BCUT2D eigenvalue weighted by Gasteiger charge is -2.17. The van der Waals surface area contributed by atoms with Gasteiger partial charge in [-0.15, -0.1) is 0 Å². The van der Waals surface area contributed by atoms with Crippen molar-refractivity contribution in [3.05, 3.63) is 28.8 Å². The van der Waals surface area contributed by atoms with Gasteiger partial charge in [0.2, 0.25) is 5.91 Å². The SMILES string of the molecule is N#Cc1cc(Cl)ccc1N1CC(O)CC1=O. The first-order valence-electron chi connectivity index (χ1n) is 4.80. The van der Waals surface area contributed by atoms with E-state index in [2.05, 4.69) is 0 Å². The van der Waals surface area contributed by atoms with Crippen molar-refractivity contribution >= 4 is 23.2 Å². The van der Waals surface area contributed by atoms with Crippen molar-refractivity contribution in [1.29, 1.82) is 5.26 Å². The monoisotopic (exact) mass is 236 g/mol. The molecule has 0 spiro atoms. The summed E-state index contributed by atoms with van der Waals surface area (Å²) in [5, 5.41) is 18.8. The summed E-state index contributed by atoms with van der Waals surface area (Å²) in [5.41, 5.74) is 0.850. The van der Waals surface area contributed by atoms with E-state index in [1.54, 1.807) is 12.1 Å². The highest BCUT2D eigenvalue weighted by Gasteiger charge is 2.30. The average Bonchev–Trinajstić information content (AvgIpc) is 2.57. The number of β-amino-alcohol motifs (C(OH)–C–C–N with tert-alkyl or cyclic N) is 1. The molecule has 1 N–H and O–H groups in total. The van der Waals surface area contributed by atoms with E-state index in [1.165, 1.54) is 11.0 Å². The molecular weight excluding hydrogens is 228 g/mol. The molecule has 1 aliphatic heterocycles. The Labute approximate surface area is 97.7 Å². The van der Waals surface area contributed by atoms with E-state index in [4.69, 9.17) is 16.9 Å². The number of amides is 1. The van der Waals surface area contributed by atoms with E-state index in [1.807, 2.05) is 6.07 Å². The lowest BCUT2D eigenvalue weighted by atomic mass is 10.2. The predicted octanol–water partition coefficient (Wildman–Crippen LogP) is 1.31. The third-order valence-electron chi connectivity index (χ3n) is 2.47. The fraction of sp³-hybridized carbons (Fsp3) is 0.273. The van der Waals surface area contributed by atoms with Crippen LogP contribution in [0.3, 0.4) is 0 Å². The Kier molecular flexibility index (Phi) is 2.82. The predicted molar refractivity (Wildman–Crippen MR) is 59.1 cm³/mol. The van der Waals surface area contributed by atoms with Crippen LogP contribution < -0.4 is 4.90 Å². The summed E-state index contributed by atoms with van der Waals surface area (Å²) >= 11 is 5.76.